The summed E-state index contributed by atoms with van der Waals surface area (Å²) in [5, 5.41) is 12.3. The Kier molecular flexibility index (Phi) is 8.64. The molecule has 4 aromatic carbocycles. The Morgan fingerprint density at radius 2 is 1.72 bits per heavy atom. The molecule has 0 radical (unpaired) electrons. The molecule has 1 atom stereocenters. The van der Waals surface area contributed by atoms with Crippen LogP contribution in [0.4, 0.5) is 16.2 Å². The van der Waals surface area contributed by atoms with Crippen molar-refractivity contribution in [3.8, 4) is 17.3 Å². The first-order valence-electron chi connectivity index (χ1n) is 16.0. The zero-order valence-corrected chi connectivity index (χ0v) is 27.0. The van der Waals surface area contributed by atoms with E-state index in [1.165, 1.54) is 22.0 Å². The minimum Gasteiger partial charge on any atom is -0.445 e. The van der Waals surface area contributed by atoms with Crippen LogP contribution in [-0.2, 0) is 24.3 Å². The number of ether oxygens (including phenoxy) is 1. The van der Waals surface area contributed by atoms with E-state index in [-0.39, 0.29) is 30.4 Å². The molecule has 1 fully saturated rings. The molecule has 7 rings (SSSR count). The number of benzene rings is 4. The van der Waals surface area contributed by atoms with Crippen molar-refractivity contribution >= 4 is 39.8 Å². The van der Waals surface area contributed by atoms with Gasteiger partial charge in [-0.2, -0.15) is 5.26 Å². The van der Waals surface area contributed by atoms with Gasteiger partial charge in [0.15, 0.2) is 0 Å². The topological polar surface area (TPSA) is 85.6 Å². The molecule has 236 valence electrons. The third-order valence-electron chi connectivity index (χ3n) is 9.22. The van der Waals surface area contributed by atoms with Crippen molar-refractivity contribution in [3.63, 3.8) is 0 Å². The van der Waals surface area contributed by atoms with Crippen LogP contribution in [0.15, 0.2) is 91.0 Å². The van der Waals surface area contributed by atoms with Crippen LogP contribution in [-0.4, -0.2) is 53.2 Å². The first-order valence-corrected chi connectivity index (χ1v) is 16.3. The first-order chi connectivity index (χ1) is 23.0. The van der Waals surface area contributed by atoms with E-state index in [0.29, 0.717) is 26.2 Å². The predicted octanol–water partition coefficient (Wildman–Crippen LogP) is 7.56. The Labute approximate surface area is 279 Å². The number of nitriles is 1. The number of piperazine rings is 1. The largest absolute Gasteiger partial charge is 0.445 e. The van der Waals surface area contributed by atoms with Crippen LogP contribution < -0.4 is 9.80 Å². The molecular formula is C38H35ClN6O2. The van der Waals surface area contributed by atoms with Gasteiger partial charge in [0, 0.05) is 54.1 Å². The molecule has 0 aliphatic carbocycles. The number of carbonyl (C=O) groups is 1. The molecule has 3 heterocycles. The van der Waals surface area contributed by atoms with Crippen molar-refractivity contribution in [1.29, 1.82) is 5.26 Å². The fourth-order valence-corrected chi connectivity index (χ4v) is 7.04. The minimum absolute atomic E-state index is 0.207. The van der Waals surface area contributed by atoms with Crippen LogP contribution >= 0.6 is 11.6 Å². The highest BCUT2D eigenvalue weighted by molar-refractivity contribution is 6.28. The van der Waals surface area contributed by atoms with Crippen molar-refractivity contribution < 1.29 is 9.53 Å². The number of aryl methyl sites for hydroxylation is 1. The number of amides is 1. The van der Waals surface area contributed by atoms with E-state index >= 15 is 0 Å². The lowest BCUT2D eigenvalue weighted by atomic mass is 9.96. The summed E-state index contributed by atoms with van der Waals surface area (Å²) in [6.45, 7) is 5.55. The summed E-state index contributed by atoms with van der Waals surface area (Å²) >= 11 is 6.52. The Balaban J connectivity index is 1.07. The maximum Gasteiger partial charge on any atom is 0.410 e. The number of hydrogen-bond donors (Lipinski definition) is 0. The maximum atomic E-state index is 13.0. The van der Waals surface area contributed by atoms with Gasteiger partial charge in [0.2, 0.25) is 5.28 Å². The van der Waals surface area contributed by atoms with Crippen LogP contribution in [0.1, 0.15) is 28.8 Å². The SMILES string of the molecule is Cc1cccc2cccc(N3CCc4c(nc(Cl)nc4-c4ccc(N5CCN(C(=O)OCc6ccccc6)[C@@H](CC#N)C5)cc4)C3)c12. The highest BCUT2D eigenvalue weighted by Gasteiger charge is 2.32. The lowest BCUT2D eigenvalue weighted by Crippen LogP contribution is -2.55. The summed E-state index contributed by atoms with van der Waals surface area (Å²) in [4.78, 5) is 28.6. The molecule has 2 aliphatic rings. The van der Waals surface area contributed by atoms with Gasteiger partial charge in [-0.25, -0.2) is 14.8 Å². The predicted molar refractivity (Wildman–Crippen MR) is 185 cm³/mol. The summed E-state index contributed by atoms with van der Waals surface area (Å²) < 4.78 is 5.59. The Morgan fingerprint density at radius 3 is 2.51 bits per heavy atom. The Morgan fingerprint density at radius 1 is 0.936 bits per heavy atom. The van der Waals surface area contributed by atoms with E-state index in [1.54, 1.807) is 4.90 Å². The molecule has 8 nitrogen and oxygen atoms in total. The van der Waals surface area contributed by atoms with Gasteiger partial charge in [-0.15, -0.1) is 0 Å². The Hall–Kier alpha value is -5.13. The smallest absolute Gasteiger partial charge is 0.410 e. The lowest BCUT2D eigenvalue weighted by Gasteiger charge is -2.41. The maximum absolute atomic E-state index is 13.0. The summed E-state index contributed by atoms with van der Waals surface area (Å²) in [6.07, 6.45) is 0.656. The lowest BCUT2D eigenvalue weighted by molar-refractivity contribution is 0.0769. The van der Waals surface area contributed by atoms with Crippen molar-refractivity contribution in [2.75, 3.05) is 36.0 Å². The average Bonchev–Trinajstić information content (AvgIpc) is 3.10. The molecule has 9 heteroatoms. The summed E-state index contributed by atoms with van der Waals surface area (Å²) in [5.41, 5.74) is 8.37. The molecule has 1 aromatic heterocycles. The minimum atomic E-state index is -0.385. The van der Waals surface area contributed by atoms with Gasteiger partial charge >= 0.3 is 6.09 Å². The molecule has 0 saturated carbocycles. The second-order valence-corrected chi connectivity index (χ2v) is 12.5. The van der Waals surface area contributed by atoms with Crippen molar-refractivity contribution in [2.45, 2.75) is 39.0 Å². The summed E-state index contributed by atoms with van der Waals surface area (Å²) in [7, 11) is 0. The molecule has 0 unspecified atom stereocenters. The zero-order chi connectivity index (χ0) is 32.3. The van der Waals surface area contributed by atoms with Gasteiger partial charge < -0.3 is 19.4 Å². The van der Waals surface area contributed by atoms with Gasteiger partial charge in [-0.05, 0) is 59.7 Å². The molecule has 1 amide bonds. The quantitative estimate of drug-likeness (QED) is 0.177. The fourth-order valence-electron chi connectivity index (χ4n) is 6.86. The second-order valence-electron chi connectivity index (χ2n) is 12.1. The Bertz CT molecular complexity index is 1950. The van der Waals surface area contributed by atoms with Crippen LogP contribution in [0.25, 0.3) is 22.0 Å². The number of nitrogens with zero attached hydrogens (tertiary/aromatic N) is 6. The van der Waals surface area contributed by atoms with Gasteiger partial charge in [0.05, 0.1) is 36.5 Å². The van der Waals surface area contributed by atoms with Crippen molar-refractivity contribution in [1.82, 2.24) is 14.9 Å². The number of fused-ring (bicyclic) bond motifs is 2. The molecule has 1 saturated heterocycles. The standard InChI is InChI=1S/C38H35ClN6O2/c1-26-7-5-10-28-11-6-12-34(35(26)28)44-20-18-32-33(24-44)41-37(39)42-36(32)29-13-15-30(16-14-29)43-21-22-45(31(23-43)17-19-40)38(46)47-25-27-8-3-2-4-9-27/h2-16,31H,17-18,20-25H2,1H3/t31-/m0/s1. The number of aromatic nitrogens is 2. The third-order valence-corrected chi connectivity index (χ3v) is 9.39. The molecular weight excluding hydrogens is 608 g/mol. The average molecular weight is 643 g/mol. The van der Waals surface area contributed by atoms with Gasteiger partial charge in [0.25, 0.3) is 0 Å². The van der Waals surface area contributed by atoms with Crippen molar-refractivity contribution in [3.05, 3.63) is 119 Å². The second kappa shape index (κ2) is 13.3. The van der Waals surface area contributed by atoms with Crippen LogP contribution in [0.5, 0.6) is 0 Å². The first kappa shape index (κ1) is 30.5. The van der Waals surface area contributed by atoms with Gasteiger partial charge in [0.1, 0.15) is 6.61 Å². The molecule has 0 bridgehead atoms. The molecule has 5 aromatic rings. The number of anilines is 2. The van der Waals surface area contributed by atoms with E-state index in [1.807, 2.05) is 30.3 Å². The van der Waals surface area contributed by atoms with Crippen LogP contribution in [0, 0.1) is 18.3 Å². The number of carbonyl (C=O) groups excluding carboxylic acids is 1. The number of rotatable bonds is 6. The number of halogens is 1. The molecule has 0 spiro atoms. The summed E-state index contributed by atoms with van der Waals surface area (Å²) in [6, 6.07) is 32.8. The van der Waals surface area contributed by atoms with Crippen LogP contribution in [0.2, 0.25) is 5.28 Å². The summed E-state index contributed by atoms with van der Waals surface area (Å²) in [5.74, 6) is 0. The van der Waals surface area contributed by atoms with E-state index in [4.69, 9.17) is 21.3 Å². The fraction of sp³-hybridized carbons (Fsp3) is 0.263. The van der Waals surface area contributed by atoms with E-state index in [2.05, 4.69) is 88.4 Å². The van der Waals surface area contributed by atoms with Gasteiger partial charge in [-0.3, -0.25) is 0 Å². The van der Waals surface area contributed by atoms with Gasteiger partial charge in [-0.1, -0.05) is 72.8 Å². The highest BCUT2D eigenvalue weighted by atomic mass is 35.5. The molecule has 2 aliphatic heterocycles. The zero-order valence-electron chi connectivity index (χ0n) is 26.3. The number of hydrogen-bond acceptors (Lipinski definition) is 7. The monoisotopic (exact) mass is 642 g/mol. The third kappa shape index (κ3) is 6.32. The normalized spacial score (nSPS) is 16.1. The molecule has 0 N–H and O–H groups in total. The highest BCUT2D eigenvalue weighted by Crippen LogP contribution is 2.36. The van der Waals surface area contributed by atoms with E-state index in [9.17, 15) is 10.1 Å². The van der Waals surface area contributed by atoms with E-state index < -0.39 is 0 Å². The molecule has 47 heavy (non-hydrogen) atoms. The van der Waals surface area contributed by atoms with Crippen molar-refractivity contribution in [2.24, 2.45) is 0 Å². The van der Waals surface area contributed by atoms with Crippen LogP contribution in [0.3, 0.4) is 0 Å². The van der Waals surface area contributed by atoms with E-state index in [0.717, 1.165) is 46.7 Å².